The summed E-state index contributed by atoms with van der Waals surface area (Å²) in [4.78, 5) is 24.2. The van der Waals surface area contributed by atoms with Crippen LogP contribution in [0.15, 0.2) is 71.5 Å². The number of para-hydroxylation sites is 1. The van der Waals surface area contributed by atoms with Gasteiger partial charge in [0.05, 0.1) is 12.2 Å². The van der Waals surface area contributed by atoms with Gasteiger partial charge in [0.25, 0.3) is 11.5 Å². The van der Waals surface area contributed by atoms with Crippen molar-refractivity contribution in [1.29, 1.82) is 0 Å². The first-order chi connectivity index (χ1) is 12.6. The molecular weight excluding hydrogens is 337 g/mol. The van der Waals surface area contributed by atoms with Crippen molar-refractivity contribution in [1.82, 2.24) is 15.1 Å². The van der Waals surface area contributed by atoms with Crippen molar-refractivity contribution >= 4 is 5.91 Å². The molecule has 0 unspecified atom stereocenters. The lowest BCUT2D eigenvalue weighted by Gasteiger charge is -2.09. The molecule has 2 aromatic carbocycles. The number of aromatic nitrogens is 2. The van der Waals surface area contributed by atoms with E-state index in [0.717, 1.165) is 4.68 Å². The molecule has 26 heavy (non-hydrogen) atoms. The smallest absolute Gasteiger partial charge is 0.271 e. The van der Waals surface area contributed by atoms with E-state index in [-0.39, 0.29) is 30.2 Å². The van der Waals surface area contributed by atoms with E-state index in [1.165, 1.54) is 24.3 Å². The van der Waals surface area contributed by atoms with Gasteiger partial charge in [0.15, 0.2) is 0 Å². The van der Waals surface area contributed by atoms with Gasteiger partial charge in [-0.05, 0) is 30.3 Å². The predicted molar refractivity (Wildman–Crippen MR) is 94.1 cm³/mol. The van der Waals surface area contributed by atoms with Crippen LogP contribution in [0.25, 0.3) is 5.69 Å². The number of rotatable bonds is 6. The molecule has 0 saturated heterocycles. The molecule has 1 N–H and O–H groups in total. The Hall–Kier alpha value is -3.48. The number of carbonyl (C=O) groups is 1. The highest BCUT2D eigenvalue weighted by atomic mass is 19.1. The first-order valence-electron chi connectivity index (χ1n) is 7.96. The van der Waals surface area contributed by atoms with Crippen molar-refractivity contribution in [3.05, 3.63) is 88.6 Å². The van der Waals surface area contributed by atoms with E-state index < -0.39 is 5.91 Å². The third kappa shape index (κ3) is 4.32. The minimum absolute atomic E-state index is 0.110. The summed E-state index contributed by atoms with van der Waals surface area (Å²) in [6.07, 6.45) is 0. The number of halogens is 1. The predicted octanol–water partition coefficient (Wildman–Crippen LogP) is 2.18. The monoisotopic (exact) mass is 353 g/mol. The van der Waals surface area contributed by atoms with Crippen LogP contribution in [0, 0.1) is 5.82 Å². The fraction of sp³-hybridized carbons (Fsp3) is 0.105. The fourth-order valence-electron chi connectivity index (χ4n) is 2.27. The van der Waals surface area contributed by atoms with Crippen molar-refractivity contribution in [3.63, 3.8) is 0 Å². The number of nitrogens with zero attached hydrogens (tertiary/aromatic N) is 2. The highest BCUT2D eigenvalue weighted by Crippen LogP contribution is 2.11. The summed E-state index contributed by atoms with van der Waals surface area (Å²) in [5, 5.41) is 6.74. The Morgan fingerprint density at radius 2 is 1.88 bits per heavy atom. The molecule has 1 heterocycles. The maximum atomic E-state index is 13.1. The summed E-state index contributed by atoms with van der Waals surface area (Å²) in [6.45, 7) is 0.384. The molecule has 6 nitrogen and oxygen atoms in total. The molecule has 0 aliphatic carbocycles. The molecular formula is C19H16FN3O3. The molecule has 0 bridgehead atoms. The zero-order valence-corrected chi connectivity index (χ0v) is 13.8. The van der Waals surface area contributed by atoms with Gasteiger partial charge < -0.3 is 10.1 Å². The molecule has 7 heteroatoms. The Morgan fingerprint density at radius 3 is 2.65 bits per heavy atom. The largest absolute Gasteiger partial charge is 0.492 e. The van der Waals surface area contributed by atoms with Gasteiger partial charge in [-0.15, -0.1) is 0 Å². The SMILES string of the molecule is O=C(NCCOc1cccc(F)c1)c1ccc(=O)n(-c2ccccc2)n1. The first kappa shape index (κ1) is 17.3. The lowest BCUT2D eigenvalue weighted by molar-refractivity contribution is 0.0940. The van der Waals surface area contributed by atoms with Crippen molar-refractivity contribution in [2.45, 2.75) is 0 Å². The van der Waals surface area contributed by atoms with E-state index >= 15 is 0 Å². The zero-order valence-electron chi connectivity index (χ0n) is 13.8. The number of nitrogens with one attached hydrogen (secondary N) is 1. The highest BCUT2D eigenvalue weighted by molar-refractivity contribution is 5.92. The van der Waals surface area contributed by atoms with Gasteiger partial charge in [-0.25, -0.2) is 4.39 Å². The third-order valence-electron chi connectivity index (χ3n) is 3.49. The maximum absolute atomic E-state index is 13.1. The first-order valence-corrected chi connectivity index (χ1v) is 7.96. The number of benzene rings is 2. The Bertz CT molecular complexity index is 957. The van der Waals surface area contributed by atoms with E-state index in [9.17, 15) is 14.0 Å². The Kier molecular flexibility index (Phi) is 5.38. The van der Waals surface area contributed by atoms with Crippen LogP contribution in [0.3, 0.4) is 0 Å². The summed E-state index contributed by atoms with van der Waals surface area (Å²) in [7, 11) is 0. The topological polar surface area (TPSA) is 73.2 Å². The Morgan fingerprint density at radius 1 is 1.08 bits per heavy atom. The Balaban J connectivity index is 1.61. The van der Waals surface area contributed by atoms with Crippen molar-refractivity contribution in [3.8, 4) is 11.4 Å². The molecule has 3 aromatic rings. The summed E-state index contributed by atoms with van der Waals surface area (Å²) in [5.41, 5.74) is 0.350. The van der Waals surface area contributed by atoms with Crippen LogP contribution in [0.2, 0.25) is 0 Å². The number of amides is 1. The number of hydrogen-bond donors (Lipinski definition) is 1. The molecule has 0 fully saturated rings. The average Bonchev–Trinajstić information content (AvgIpc) is 2.66. The van der Waals surface area contributed by atoms with Gasteiger partial charge in [-0.2, -0.15) is 9.78 Å². The van der Waals surface area contributed by atoms with Crippen LogP contribution >= 0.6 is 0 Å². The van der Waals surface area contributed by atoms with E-state index in [4.69, 9.17) is 4.74 Å². The van der Waals surface area contributed by atoms with Gasteiger partial charge in [0.2, 0.25) is 0 Å². The van der Waals surface area contributed by atoms with Crippen molar-refractivity contribution in [2.75, 3.05) is 13.2 Å². The summed E-state index contributed by atoms with van der Waals surface area (Å²) in [5.74, 6) is -0.438. The molecule has 0 aliphatic heterocycles. The molecule has 3 rings (SSSR count). The van der Waals surface area contributed by atoms with Crippen LogP contribution in [0.5, 0.6) is 5.75 Å². The van der Waals surface area contributed by atoms with Crippen LogP contribution in [-0.4, -0.2) is 28.8 Å². The number of carbonyl (C=O) groups excluding carboxylic acids is 1. The van der Waals surface area contributed by atoms with Crippen molar-refractivity contribution < 1.29 is 13.9 Å². The molecule has 0 aliphatic rings. The van der Waals surface area contributed by atoms with Crippen LogP contribution in [0.1, 0.15) is 10.5 Å². The van der Waals surface area contributed by atoms with Gasteiger partial charge in [0, 0.05) is 12.1 Å². The van der Waals surface area contributed by atoms with Crippen molar-refractivity contribution in [2.24, 2.45) is 0 Å². The van der Waals surface area contributed by atoms with Gasteiger partial charge in [-0.1, -0.05) is 24.3 Å². The van der Waals surface area contributed by atoms with Crippen LogP contribution < -0.4 is 15.6 Å². The number of ether oxygens (including phenoxy) is 1. The molecule has 0 spiro atoms. The van der Waals surface area contributed by atoms with Gasteiger partial charge >= 0.3 is 0 Å². The average molecular weight is 353 g/mol. The van der Waals surface area contributed by atoms with Crippen LogP contribution in [0.4, 0.5) is 4.39 Å². The molecule has 1 amide bonds. The summed E-state index contributed by atoms with van der Waals surface area (Å²) in [6, 6.07) is 17.2. The molecule has 0 saturated carbocycles. The second-order valence-electron chi connectivity index (χ2n) is 5.37. The summed E-state index contributed by atoms with van der Waals surface area (Å²) >= 11 is 0. The number of hydrogen-bond acceptors (Lipinski definition) is 4. The minimum Gasteiger partial charge on any atom is -0.492 e. The van der Waals surface area contributed by atoms with Gasteiger partial charge in [0.1, 0.15) is 23.9 Å². The van der Waals surface area contributed by atoms with E-state index in [1.807, 2.05) is 6.07 Å². The zero-order chi connectivity index (χ0) is 18.4. The maximum Gasteiger partial charge on any atom is 0.271 e. The molecule has 0 atom stereocenters. The van der Waals surface area contributed by atoms with Crippen LogP contribution in [-0.2, 0) is 0 Å². The summed E-state index contributed by atoms with van der Waals surface area (Å²) < 4.78 is 19.6. The minimum atomic E-state index is -0.433. The van der Waals surface area contributed by atoms with E-state index in [0.29, 0.717) is 11.4 Å². The van der Waals surface area contributed by atoms with E-state index in [1.54, 1.807) is 36.4 Å². The second-order valence-corrected chi connectivity index (χ2v) is 5.37. The van der Waals surface area contributed by atoms with Gasteiger partial charge in [-0.3, -0.25) is 9.59 Å². The lowest BCUT2D eigenvalue weighted by Crippen LogP contribution is -2.31. The lowest BCUT2D eigenvalue weighted by atomic mass is 10.3. The third-order valence-corrected chi connectivity index (χ3v) is 3.49. The van der Waals surface area contributed by atoms with E-state index in [2.05, 4.69) is 10.4 Å². The molecule has 1 aromatic heterocycles. The molecule has 132 valence electrons. The second kappa shape index (κ2) is 8.06. The normalized spacial score (nSPS) is 10.3. The Labute approximate surface area is 148 Å². The standard InChI is InChI=1S/C19H16FN3O3/c20-14-5-4-8-16(13-14)26-12-11-21-19(25)17-9-10-18(24)23(22-17)15-6-2-1-3-7-15/h1-10,13H,11-12H2,(H,21,25). The highest BCUT2D eigenvalue weighted by Gasteiger charge is 2.10. The quantitative estimate of drug-likeness (QED) is 0.690. The fourth-order valence-corrected chi connectivity index (χ4v) is 2.27. The molecule has 0 radical (unpaired) electrons.